The predicted molar refractivity (Wildman–Crippen MR) is 73.2 cm³/mol. The van der Waals surface area contributed by atoms with Crippen LogP contribution < -0.4 is 4.74 Å². The second-order valence-corrected chi connectivity index (χ2v) is 3.64. The highest BCUT2D eigenvalue weighted by atomic mass is 16.6. The fourth-order valence-corrected chi connectivity index (χ4v) is 1.31. The standard InChI is InChI=1S/C15H20O4/c1-2-8-16-9-10-17-11-12-18-13-14-19-15-6-4-3-5-7-15/h1,3-7H,8-14H2. The van der Waals surface area contributed by atoms with Crippen LogP contribution in [0.5, 0.6) is 5.75 Å². The molecule has 0 radical (unpaired) electrons. The maximum absolute atomic E-state index is 5.47. The molecule has 0 unspecified atom stereocenters. The largest absolute Gasteiger partial charge is 0.491 e. The summed E-state index contributed by atoms with van der Waals surface area (Å²) in [5, 5.41) is 0. The molecule has 0 aliphatic rings. The zero-order valence-electron chi connectivity index (χ0n) is 11.0. The van der Waals surface area contributed by atoms with Gasteiger partial charge in [0.25, 0.3) is 0 Å². The Morgan fingerprint density at radius 3 is 2.00 bits per heavy atom. The first-order valence-electron chi connectivity index (χ1n) is 6.28. The topological polar surface area (TPSA) is 36.9 Å². The Kier molecular flexibility index (Phi) is 9.43. The Morgan fingerprint density at radius 1 is 0.789 bits per heavy atom. The van der Waals surface area contributed by atoms with E-state index in [0.29, 0.717) is 46.2 Å². The minimum atomic E-state index is 0.330. The first-order valence-corrected chi connectivity index (χ1v) is 6.28. The van der Waals surface area contributed by atoms with Gasteiger partial charge < -0.3 is 18.9 Å². The second-order valence-electron chi connectivity index (χ2n) is 3.64. The molecule has 4 heteroatoms. The Bertz CT molecular complexity index is 345. The van der Waals surface area contributed by atoms with Crippen molar-refractivity contribution < 1.29 is 18.9 Å². The number of hydrogen-bond donors (Lipinski definition) is 0. The molecule has 0 atom stereocenters. The van der Waals surface area contributed by atoms with Crippen LogP contribution in [-0.2, 0) is 14.2 Å². The molecule has 0 saturated carbocycles. The molecule has 1 aromatic rings. The Balaban J connectivity index is 1.80. The van der Waals surface area contributed by atoms with E-state index in [1.807, 2.05) is 30.3 Å². The van der Waals surface area contributed by atoms with Crippen molar-refractivity contribution in [1.82, 2.24) is 0 Å². The number of benzene rings is 1. The fraction of sp³-hybridized carbons (Fsp3) is 0.467. The van der Waals surface area contributed by atoms with Gasteiger partial charge in [0, 0.05) is 0 Å². The van der Waals surface area contributed by atoms with Crippen LogP contribution in [0.3, 0.4) is 0 Å². The molecule has 104 valence electrons. The van der Waals surface area contributed by atoms with Crippen molar-refractivity contribution in [3.8, 4) is 18.1 Å². The van der Waals surface area contributed by atoms with Crippen LogP contribution >= 0.6 is 0 Å². The van der Waals surface area contributed by atoms with E-state index in [0.717, 1.165) is 5.75 Å². The fourth-order valence-electron chi connectivity index (χ4n) is 1.31. The molecule has 0 saturated heterocycles. The van der Waals surface area contributed by atoms with Crippen LogP contribution in [0, 0.1) is 12.3 Å². The Morgan fingerprint density at radius 2 is 1.37 bits per heavy atom. The molecule has 19 heavy (non-hydrogen) atoms. The molecule has 1 aromatic carbocycles. The van der Waals surface area contributed by atoms with Crippen molar-refractivity contribution in [2.24, 2.45) is 0 Å². The maximum atomic E-state index is 5.47. The van der Waals surface area contributed by atoms with Crippen LogP contribution in [0.15, 0.2) is 30.3 Å². The van der Waals surface area contributed by atoms with Gasteiger partial charge in [0.2, 0.25) is 0 Å². The number of hydrogen-bond acceptors (Lipinski definition) is 4. The van der Waals surface area contributed by atoms with Crippen LogP contribution in [0.2, 0.25) is 0 Å². The first-order chi connectivity index (χ1) is 9.43. The number of ether oxygens (including phenoxy) is 4. The Labute approximate surface area is 114 Å². The van der Waals surface area contributed by atoms with E-state index < -0.39 is 0 Å². The summed E-state index contributed by atoms with van der Waals surface area (Å²) in [7, 11) is 0. The number of para-hydroxylation sites is 1. The van der Waals surface area contributed by atoms with Gasteiger partial charge in [-0.15, -0.1) is 6.42 Å². The highest BCUT2D eigenvalue weighted by Crippen LogP contribution is 2.07. The molecule has 0 fully saturated rings. The molecule has 4 nitrogen and oxygen atoms in total. The normalized spacial score (nSPS) is 10.1. The SMILES string of the molecule is C#CCOCCOCCOCCOc1ccccc1. The average molecular weight is 264 g/mol. The van der Waals surface area contributed by atoms with Gasteiger partial charge in [-0.1, -0.05) is 24.1 Å². The lowest BCUT2D eigenvalue weighted by atomic mass is 10.3. The molecule has 0 heterocycles. The van der Waals surface area contributed by atoms with Gasteiger partial charge in [-0.25, -0.2) is 0 Å². The lowest BCUT2D eigenvalue weighted by molar-refractivity contribution is 0.0142. The van der Waals surface area contributed by atoms with Gasteiger partial charge in [-0.2, -0.15) is 0 Å². The summed E-state index contributed by atoms with van der Waals surface area (Å²) in [6, 6.07) is 9.66. The molecule has 0 amide bonds. The van der Waals surface area contributed by atoms with Gasteiger partial charge in [-0.05, 0) is 12.1 Å². The molecule has 0 spiro atoms. The van der Waals surface area contributed by atoms with Crippen molar-refractivity contribution >= 4 is 0 Å². The summed E-state index contributed by atoms with van der Waals surface area (Å²) >= 11 is 0. The average Bonchev–Trinajstić information content (AvgIpc) is 2.46. The molecule has 1 rings (SSSR count). The van der Waals surface area contributed by atoms with Crippen molar-refractivity contribution in [2.75, 3.05) is 46.2 Å². The minimum absolute atomic E-state index is 0.330. The minimum Gasteiger partial charge on any atom is -0.491 e. The first kappa shape index (κ1) is 15.5. The summed E-state index contributed by atoms with van der Waals surface area (Å²) in [6.07, 6.45) is 5.03. The van der Waals surface area contributed by atoms with E-state index in [4.69, 9.17) is 25.4 Å². The molecular weight excluding hydrogens is 244 g/mol. The van der Waals surface area contributed by atoms with E-state index in [9.17, 15) is 0 Å². The third-order valence-corrected chi connectivity index (χ3v) is 2.17. The van der Waals surface area contributed by atoms with Gasteiger partial charge in [0.15, 0.2) is 0 Å². The van der Waals surface area contributed by atoms with Crippen LogP contribution in [0.1, 0.15) is 0 Å². The third kappa shape index (κ3) is 9.09. The third-order valence-electron chi connectivity index (χ3n) is 2.17. The maximum Gasteiger partial charge on any atom is 0.119 e. The zero-order valence-corrected chi connectivity index (χ0v) is 11.0. The van der Waals surface area contributed by atoms with Crippen molar-refractivity contribution in [1.29, 1.82) is 0 Å². The summed E-state index contributed by atoms with van der Waals surface area (Å²) in [4.78, 5) is 0. The summed E-state index contributed by atoms with van der Waals surface area (Å²) in [5.41, 5.74) is 0. The zero-order chi connectivity index (χ0) is 13.6. The lowest BCUT2D eigenvalue weighted by Gasteiger charge is -2.07. The van der Waals surface area contributed by atoms with Crippen LogP contribution in [0.4, 0.5) is 0 Å². The molecule has 0 bridgehead atoms. The van der Waals surface area contributed by atoms with Crippen molar-refractivity contribution in [3.63, 3.8) is 0 Å². The van der Waals surface area contributed by atoms with E-state index in [-0.39, 0.29) is 0 Å². The molecule has 0 aromatic heterocycles. The van der Waals surface area contributed by atoms with Crippen LogP contribution in [-0.4, -0.2) is 46.2 Å². The highest BCUT2D eigenvalue weighted by Gasteiger charge is 1.93. The van der Waals surface area contributed by atoms with Gasteiger partial charge in [0.05, 0.1) is 33.0 Å². The molecule has 0 aliphatic carbocycles. The second kappa shape index (κ2) is 11.5. The summed E-state index contributed by atoms with van der Waals surface area (Å²) in [6.45, 7) is 3.56. The number of rotatable bonds is 11. The quantitative estimate of drug-likeness (QED) is 0.451. The molecule has 0 N–H and O–H groups in total. The Hall–Kier alpha value is -1.54. The van der Waals surface area contributed by atoms with E-state index in [1.165, 1.54) is 0 Å². The highest BCUT2D eigenvalue weighted by molar-refractivity contribution is 5.20. The van der Waals surface area contributed by atoms with Crippen molar-refractivity contribution in [2.45, 2.75) is 0 Å². The summed E-state index contributed by atoms with van der Waals surface area (Å²) < 4.78 is 21.2. The smallest absolute Gasteiger partial charge is 0.119 e. The van der Waals surface area contributed by atoms with Crippen LogP contribution in [0.25, 0.3) is 0 Å². The molecular formula is C15H20O4. The van der Waals surface area contributed by atoms with Crippen molar-refractivity contribution in [3.05, 3.63) is 30.3 Å². The number of terminal acetylenes is 1. The predicted octanol–water partition coefficient (Wildman–Crippen LogP) is 1.75. The van der Waals surface area contributed by atoms with E-state index in [1.54, 1.807) is 0 Å². The van der Waals surface area contributed by atoms with E-state index >= 15 is 0 Å². The summed E-state index contributed by atoms with van der Waals surface area (Å²) in [5.74, 6) is 3.24. The van der Waals surface area contributed by atoms with Gasteiger partial charge >= 0.3 is 0 Å². The monoisotopic (exact) mass is 264 g/mol. The molecule has 0 aliphatic heterocycles. The van der Waals surface area contributed by atoms with E-state index in [2.05, 4.69) is 5.92 Å². The van der Waals surface area contributed by atoms with Gasteiger partial charge in [-0.3, -0.25) is 0 Å². The lowest BCUT2D eigenvalue weighted by Crippen LogP contribution is -2.12. The van der Waals surface area contributed by atoms with Gasteiger partial charge in [0.1, 0.15) is 19.0 Å².